The molecule has 1 fully saturated rings. The Hall–Kier alpha value is -1.31. The van der Waals surface area contributed by atoms with Gasteiger partial charge in [0.2, 0.25) is 0 Å². The number of ketones is 1. The second-order valence-electron chi connectivity index (χ2n) is 5.95. The Morgan fingerprint density at radius 1 is 1.00 bits per heavy atom. The number of carbonyl (C=O) groups excluding carboxylic acids is 1. The van der Waals surface area contributed by atoms with E-state index in [0.29, 0.717) is 11.7 Å². The summed E-state index contributed by atoms with van der Waals surface area (Å²) in [5, 5.41) is 3.41. The van der Waals surface area contributed by atoms with Crippen molar-refractivity contribution in [1.82, 2.24) is 0 Å². The summed E-state index contributed by atoms with van der Waals surface area (Å²) in [6.07, 6.45) is 8.30. The summed E-state index contributed by atoms with van der Waals surface area (Å²) in [6.45, 7) is 0.931. The summed E-state index contributed by atoms with van der Waals surface area (Å²) < 4.78 is 0. The van der Waals surface area contributed by atoms with Gasteiger partial charge >= 0.3 is 0 Å². The fraction of sp³-hybridized carbons (Fsp3) is 0.588. The average molecular weight is 257 g/mol. The van der Waals surface area contributed by atoms with Crippen LogP contribution in [0.2, 0.25) is 0 Å². The molecule has 3 rings (SSSR count). The van der Waals surface area contributed by atoms with Crippen molar-refractivity contribution in [2.24, 2.45) is 5.92 Å². The number of nitrogens with one attached hydrogen (secondary N) is 1. The molecule has 1 aliphatic heterocycles. The Morgan fingerprint density at radius 2 is 1.74 bits per heavy atom. The third-order valence-corrected chi connectivity index (χ3v) is 4.69. The molecule has 1 heterocycles. The fourth-order valence-electron chi connectivity index (χ4n) is 3.61. The Balaban J connectivity index is 1.80. The highest BCUT2D eigenvalue weighted by atomic mass is 16.1. The zero-order chi connectivity index (χ0) is 13.1. The fourth-order valence-corrected chi connectivity index (χ4v) is 3.61. The van der Waals surface area contributed by atoms with Crippen molar-refractivity contribution in [3.05, 3.63) is 29.8 Å². The van der Waals surface area contributed by atoms with Crippen LogP contribution in [-0.4, -0.2) is 12.3 Å². The molecule has 19 heavy (non-hydrogen) atoms. The predicted molar refractivity (Wildman–Crippen MR) is 78.5 cm³/mol. The second kappa shape index (κ2) is 5.77. The smallest absolute Gasteiger partial charge is 0.143 e. The zero-order valence-corrected chi connectivity index (χ0v) is 11.5. The zero-order valence-electron chi connectivity index (χ0n) is 11.5. The van der Waals surface area contributed by atoms with Crippen LogP contribution in [0.3, 0.4) is 0 Å². The highest BCUT2D eigenvalue weighted by Crippen LogP contribution is 2.36. The number of anilines is 1. The van der Waals surface area contributed by atoms with Gasteiger partial charge in [-0.2, -0.15) is 0 Å². The Morgan fingerprint density at radius 3 is 2.53 bits per heavy atom. The van der Waals surface area contributed by atoms with Crippen molar-refractivity contribution >= 4 is 11.5 Å². The van der Waals surface area contributed by atoms with Gasteiger partial charge in [0.1, 0.15) is 5.78 Å². The molecule has 102 valence electrons. The lowest BCUT2D eigenvalue weighted by Crippen LogP contribution is -2.27. The summed E-state index contributed by atoms with van der Waals surface area (Å²) in [7, 11) is 0. The molecule has 1 saturated carbocycles. The van der Waals surface area contributed by atoms with Crippen molar-refractivity contribution in [3.8, 4) is 0 Å². The number of para-hydroxylation sites is 1. The van der Waals surface area contributed by atoms with E-state index in [1.165, 1.54) is 36.9 Å². The molecule has 1 atom stereocenters. The van der Waals surface area contributed by atoms with Crippen LogP contribution in [-0.2, 0) is 4.79 Å². The highest BCUT2D eigenvalue weighted by Gasteiger charge is 2.31. The van der Waals surface area contributed by atoms with Crippen molar-refractivity contribution < 1.29 is 4.79 Å². The standard InChI is InChI=1S/C17H23NO/c19-17(13-7-3-1-2-4-8-13)15-11-12-18-16-10-6-5-9-14(15)16/h5-6,9-10,13,15,18H,1-4,7-8,11-12H2. The molecule has 1 unspecified atom stereocenters. The van der Waals surface area contributed by atoms with Crippen LogP contribution >= 0.6 is 0 Å². The molecule has 2 heteroatoms. The maximum atomic E-state index is 12.8. The quantitative estimate of drug-likeness (QED) is 0.807. The van der Waals surface area contributed by atoms with Gasteiger partial charge in [-0.15, -0.1) is 0 Å². The normalized spacial score (nSPS) is 24.1. The van der Waals surface area contributed by atoms with E-state index in [9.17, 15) is 4.79 Å². The van der Waals surface area contributed by atoms with Crippen LogP contribution in [0.15, 0.2) is 24.3 Å². The van der Waals surface area contributed by atoms with E-state index in [4.69, 9.17) is 0 Å². The molecule has 1 N–H and O–H groups in total. The van der Waals surface area contributed by atoms with Crippen LogP contribution in [0.5, 0.6) is 0 Å². The van der Waals surface area contributed by atoms with Gasteiger partial charge in [0.25, 0.3) is 0 Å². The SMILES string of the molecule is O=C(C1CCCCCC1)C1CCNc2ccccc21. The summed E-state index contributed by atoms with van der Waals surface area (Å²) in [5.41, 5.74) is 2.39. The summed E-state index contributed by atoms with van der Waals surface area (Å²) in [5.74, 6) is 0.968. The molecule has 0 bridgehead atoms. The summed E-state index contributed by atoms with van der Waals surface area (Å²) in [6, 6.07) is 8.33. The minimum Gasteiger partial charge on any atom is -0.385 e. The maximum Gasteiger partial charge on any atom is 0.143 e. The van der Waals surface area contributed by atoms with Gasteiger partial charge in [0, 0.05) is 24.1 Å². The van der Waals surface area contributed by atoms with Gasteiger partial charge in [0.15, 0.2) is 0 Å². The van der Waals surface area contributed by atoms with E-state index in [-0.39, 0.29) is 5.92 Å². The molecule has 1 aromatic carbocycles. The molecule has 0 amide bonds. The van der Waals surface area contributed by atoms with Crippen LogP contribution < -0.4 is 5.32 Å². The summed E-state index contributed by atoms with van der Waals surface area (Å²) >= 11 is 0. The molecule has 0 radical (unpaired) electrons. The van der Waals surface area contributed by atoms with E-state index >= 15 is 0 Å². The summed E-state index contributed by atoms with van der Waals surface area (Å²) in [4.78, 5) is 12.8. The number of rotatable bonds is 2. The highest BCUT2D eigenvalue weighted by molar-refractivity contribution is 5.90. The number of carbonyl (C=O) groups is 1. The third kappa shape index (κ3) is 2.68. The Labute approximate surface area is 115 Å². The lowest BCUT2D eigenvalue weighted by atomic mass is 9.80. The topological polar surface area (TPSA) is 29.1 Å². The van der Waals surface area contributed by atoms with Crippen LogP contribution in [0.25, 0.3) is 0 Å². The first kappa shape index (κ1) is 12.7. The van der Waals surface area contributed by atoms with Gasteiger partial charge < -0.3 is 5.32 Å². The largest absolute Gasteiger partial charge is 0.385 e. The maximum absolute atomic E-state index is 12.8. The minimum absolute atomic E-state index is 0.139. The Bertz CT molecular complexity index is 446. The molecule has 2 aliphatic rings. The van der Waals surface area contributed by atoms with Gasteiger partial charge in [-0.05, 0) is 30.9 Å². The van der Waals surface area contributed by atoms with E-state index in [2.05, 4.69) is 23.5 Å². The molecule has 2 nitrogen and oxygen atoms in total. The number of hydrogen-bond acceptors (Lipinski definition) is 2. The molecule has 0 spiro atoms. The molecule has 1 aromatic rings. The molecule has 0 saturated heterocycles. The van der Waals surface area contributed by atoms with Gasteiger partial charge in [-0.3, -0.25) is 4.79 Å². The van der Waals surface area contributed by atoms with Crippen LogP contribution in [0.1, 0.15) is 56.4 Å². The molecule has 0 aromatic heterocycles. The lowest BCUT2D eigenvalue weighted by Gasteiger charge is -2.28. The number of fused-ring (bicyclic) bond motifs is 1. The van der Waals surface area contributed by atoms with E-state index in [1.54, 1.807) is 0 Å². The monoisotopic (exact) mass is 257 g/mol. The van der Waals surface area contributed by atoms with Gasteiger partial charge in [0.05, 0.1) is 0 Å². The molecule has 1 aliphatic carbocycles. The van der Waals surface area contributed by atoms with Gasteiger partial charge in [-0.1, -0.05) is 43.9 Å². The van der Waals surface area contributed by atoms with Crippen LogP contribution in [0, 0.1) is 5.92 Å². The van der Waals surface area contributed by atoms with Crippen molar-refractivity contribution in [2.75, 3.05) is 11.9 Å². The average Bonchev–Trinajstić information content (AvgIpc) is 2.75. The van der Waals surface area contributed by atoms with Crippen LogP contribution in [0.4, 0.5) is 5.69 Å². The predicted octanol–water partition coefficient (Wildman–Crippen LogP) is 4.13. The lowest BCUT2D eigenvalue weighted by molar-refractivity contribution is -0.124. The third-order valence-electron chi connectivity index (χ3n) is 4.69. The van der Waals surface area contributed by atoms with E-state index in [1.807, 2.05) is 6.07 Å². The second-order valence-corrected chi connectivity index (χ2v) is 5.95. The van der Waals surface area contributed by atoms with Crippen molar-refractivity contribution in [1.29, 1.82) is 0 Å². The minimum atomic E-state index is 0.139. The van der Waals surface area contributed by atoms with Gasteiger partial charge in [-0.25, -0.2) is 0 Å². The van der Waals surface area contributed by atoms with E-state index in [0.717, 1.165) is 25.8 Å². The number of hydrogen-bond donors (Lipinski definition) is 1. The molecular weight excluding hydrogens is 234 g/mol. The number of benzene rings is 1. The number of Topliss-reactive ketones (excluding diaryl/α,β-unsaturated/α-hetero) is 1. The molecular formula is C17H23NO. The van der Waals surface area contributed by atoms with E-state index < -0.39 is 0 Å². The van der Waals surface area contributed by atoms with Crippen molar-refractivity contribution in [2.45, 2.75) is 50.9 Å². The first-order valence-corrected chi connectivity index (χ1v) is 7.73. The van der Waals surface area contributed by atoms with Crippen molar-refractivity contribution in [3.63, 3.8) is 0 Å². The Kier molecular flexibility index (Phi) is 3.86. The first-order chi connectivity index (χ1) is 9.36. The first-order valence-electron chi connectivity index (χ1n) is 7.73.